The van der Waals surface area contributed by atoms with Crippen molar-refractivity contribution in [2.75, 3.05) is 13.2 Å². The fourth-order valence-corrected chi connectivity index (χ4v) is 2.62. The second-order valence-corrected chi connectivity index (χ2v) is 4.90. The van der Waals surface area contributed by atoms with Crippen LogP contribution in [0.4, 0.5) is 13.2 Å². The number of hydrogen-bond donors (Lipinski definition) is 1. The van der Waals surface area contributed by atoms with Gasteiger partial charge in [-0.25, -0.2) is 13.2 Å². The molecule has 6 heteroatoms. The average Bonchev–Trinajstić information content (AvgIpc) is 2.83. The van der Waals surface area contributed by atoms with E-state index >= 15 is 0 Å². The molecule has 1 atom stereocenters. The second kappa shape index (κ2) is 6.26. The van der Waals surface area contributed by atoms with Gasteiger partial charge in [0, 0.05) is 31.3 Å². The second-order valence-electron chi connectivity index (χ2n) is 4.90. The van der Waals surface area contributed by atoms with E-state index in [-0.39, 0.29) is 12.6 Å². The highest BCUT2D eigenvalue weighted by Crippen LogP contribution is 2.25. The fraction of sp³-hybridized carbons (Fsp3) is 0.500. The molecule has 1 aromatic carbocycles. The van der Waals surface area contributed by atoms with Crippen molar-refractivity contribution in [1.82, 2.24) is 4.90 Å². The molecule has 1 aliphatic rings. The molecule has 2 rings (SSSR count). The van der Waals surface area contributed by atoms with E-state index in [0.29, 0.717) is 31.5 Å². The van der Waals surface area contributed by atoms with Gasteiger partial charge >= 0.3 is 0 Å². The van der Waals surface area contributed by atoms with Gasteiger partial charge in [-0.3, -0.25) is 4.79 Å². The normalized spacial score (nSPS) is 18.6. The predicted octanol–water partition coefficient (Wildman–Crippen LogP) is 2.48. The first kappa shape index (κ1) is 14.8. The number of aliphatic hydroxyl groups is 1. The maximum atomic E-state index is 13.6. The zero-order valence-electron chi connectivity index (χ0n) is 10.9. The van der Waals surface area contributed by atoms with Gasteiger partial charge in [0.05, 0.1) is 0 Å². The van der Waals surface area contributed by atoms with Gasteiger partial charge in [-0.05, 0) is 25.7 Å². The van der Waals surface area contributed by atoms with Crippen molar-refractivity contribution in [2.24, 2.45) is 0 Å². The van der Waals surface area contributed by atoms with Crippen LogP contribution in [0.5, 0.6) is 0 Å². The molecule has 1 aliphatic heterocycles. The lowest BCUT2D eigenvalue weighted by Crippen LogP contribution is -2.36. The van der Waals surface area contributed by atoms with Crippen LogP contribution in [0.25, 0.3) is 0 Å². The Morgan fingerprint density at radius 2 is 1.95 bits per heavy atom. The fourth-order valence-electron chi connectivity index (χ4n) is 2.62. The van der Waals surface area contributed by atoms with E-state index in [9.17, 15) is 18.0 Å². The van der Waals surface area contributed by atoms with Gasteiger partial charge in [-0.15, -0.1) is 0 Å². The topological polar surface area (TPSA) is 40.5 Å². The van der Waals surface area contributed by atoms with Crippen LogP contribution in [0, 0.1) is 17.5 Å². The quantitative estimate of drug-likeness (QED) is 0.924. The molecule has 20 heavy (non-hydrogen) atoms. The molecule has 1 fully saturated rings. The molecule has 0 spiro atoms. The van der Waals surface area contributed by atoms with Gasteiger partial charge in [0.25, 0.3) is 5.91 Å². The van der Waals surface area contributed by atoms with E-state index in [2.05, 4.69) is 0 Å². The highest BCUT2D eigenvalue weighted by Gasteiger charge is 2.32. The van der Waals surface area contributed by atoms with E-state index in [1.54, 1.807) is 0 Å². The van der Waals surface area contributed by atoms with Crippen molar-refractivity contribution in [1.29, 1.82) is 0 Å². The first-order valence-electron chi connectivity index (χ1n) is 6.61. The van der Waals surface area contributed by atoms with Crippen LogP contribution >= 0.6 is 0 Å². The Morgan fingerprint density at radius 3 is 2.55 bits per heavy atom. The molecule has 1 aromatic rings. The van der Waals surface area contributed by atoms with E-state index in [0.717, 1.165) is 12.8 Å². The highest BCUT2D eigenvalue weighted by atomic mass is 19.1. The largest absolute Gasteiger partial charge is 0.396 e. The van der Waals surface area contributed by atoms with Crippen molar-refractivity contribution in [3.63, 3.8) is 0 Å². The number of benzene rings is 1. The summed E-state index contributed by atoms with van der Waals surface area (Å²) in [5, 5.41) is 8.82. The summed E-state index contributed by atoms with van der Waals surface area (Å²) in [5.41, 5.74) is -0.706. The monoisotopic (exact) mass is 287 g/mol. The third kappa shape index (κ3) is 2.95. The first-order valence-corrected chi connectivity index (χ1v) is 6.61. The molecule has 1 amide bonds. The SMILES string of the molecule is O=C(c1c(F)cc(F)cc1F)N1CCCC1CCCO. The maximum Gasteiger partial charge on any atom is 0.260 e. The Kier molecular flexibility index (Phi) is 4.65. The lowest BCUT2D eigenvalue weighted by atomic mass is 10.1. The molecule has 1 N–H and O–H groups in total. The standard InChI is InChI=1S/C14H16F3NO2/c15-9-7-11(16)13(12(17)8-9)14(20)18-5-1-3-10(18)4-2-6-19/h7-8,10,19H,1-6H2. The Morgan fingerprint density at radius 1 is 1.30 bits per heavy atom. The van der Waals surface area contributed by atoms with E-state index in [1.807, 2.05) is 0 Å². The average molecular weight is 287 g/mol. The third-order valence-corrected chi connectivity index (χ3v) is 3.55. The summed E-state index contributed by atoms with van der Waals surface area (Å²) in [7, 11) is 0. The number of carbonyl (C=O) groups is 1. The Labute approximate surface area is 115 Å². The summed E-state index contributed by atoms with van der Waals surface area (Å²) in [6.45, 7) is 0.434. The molecule has 3 nitrogen and oxygen atoms in total. The Bertz CT molecular complexity index is 484. The number of carbonyl (C=O) groups excluding carboxylic acids is 1. The summed E-state index contributed by atoms with van der Waals surface area (Å²) < 4.78 is 40.1. The minimum Gasteiger partial charge on any atom is -0.396 e. The van der Waals surface area contributed by atoms with Gasteiger partial charge in [0.1, 0.15) is 23.0 Å². The molecule has 0 saturated carbocycles. The summed E-state index contributed by atoms with van der Waals surface area (Å²) in [4.78, 5) is 13.6. The molecule has 110 valence electrons. The zero-order valence-corrected chi connectivity index (χ0v) is 10.9. The van der Waals surface area contributed by atoms with Crippen LogP contribution in [0.15, 0.2) is 12.1 Å². The molecule has 0 aliphatic carbocycles. The summed E-state index contributed by atoms with van der Waals surface area (Å²) >= 11 is 0. The summed E-state index contributed by atoms with van der Waals surface area (Å²) in [6.07, 6.45) is 2.62. The molecule has 1 heterocycles. The smallest absolute Gasteiger partial charge is 0.260 e. The van der Waals surface area contributed by atoms with Crippen molar-refractivity contribution in [3.05, 3.63) is 35.1 Å². The minimum atomic E-state index is -1.18. The zero-order chi connectivity index (χ0) is 14.7. The van der Waals surface area contributed by atoms with Gasteiger partial charge in [0.2, 0.25) is 0 Å². The number of aliphatic hydroxyl groups excluding tert-OH is 1. The maximum absolute atomic E-state index is 13.6. The number of nitrogens with zero attached hydrogens (tertiary/aromatic N) is 1. The molecular formula is C14H16F3NO2. The molecule has 0 radical (unpaired) electrons. The molecular weight excluding hydrogens is 271 g/mol. The van der Waals surface area contributed by atoms with E-state index in [1.165, 1.54) is 4.90 Å². The number of halogens is 3. The van der Waals surface area contributed by atoms with Crippen LogP contribution < -0.4 is 0 Å². The van der Waals surface area contributed by atoms with Crippen LogP contribution in [0.2, 0.25) is 0 Å². The lowest BCUT2D eigenvalue weighted by Gasteiger charge is -2.25. The van der Waals surface area contributed by atoms with E-state index in [4.69, 9.17) is 5.11 Å². The Balaban J connectivity index is 2.22. The van der Waals surface area contributed by atoms with Crippen molar-refractivity contribution < 1.29 is 23.1 Å². The number of likely N-dealkylation sites (tertiary alicyclic amines) is 1. The highest BCUT2D eigenvalue weighted by molar-refractivity contribution is 5.95. The van der Waals surface area contributed by atoms with Crippen LogP contribution in [0.1, 0.15) is 36.0 Å². The van der Waals surface area contributed by atoms with Gasteiger partial charge in [-0.1, -0.05) is 0 Å². The number of rotatable bonds is 4. The summed E-state index contributed by atoms with van der Waals surface area (Å²) in [5.74, 6) is -4.16. The lowest BCUT2D eigenvalue weighted by molar-refractivity contribution is 0.0714. The predicted molar refractivity (Wildman–Crippen MR) is 66.7 cm³/mol. The number of amides is 1. The van der Waals surface area contributed by atoms with Crippen LogP contribution in [-0.2, 0) is 0 Å². The van der Waals surface area contributed by atoms with Gasteiger partial charge in [0.15, 0.2) is 0 Å². The van der Waals surface area contributed by atoms with Crippen molar-refractivity contribution in [2.45, 2.75) is 31.7 Å². The molecule has 1 unspecified atom stereocenters. The first-order chi connectivity index (χ1) is 9.54. The van der Waals surface area contributed by atoms with E-state index < -0.39 is 28.9 Å². The van der Waals surface area contributed by atoms with Crippen LogP contribution in [0.3, 0.4) is 0 Å². The molecule has 0 bridgehead atoms. The third-order valence-electron chi connectivity index (χ3n) is 3.55. The van der Waals surface area contributed by atoms with Crippen molar-refractivity contribution in [3.8, 4) is 0 Å². The van der Waals surface area contributed by atoms with Gasteiger partial charge < -0.3 is 10.0 Å². The van der Waals surface area contributed by atoms with Crippen molar-refractivity contribution >= 4 is 5.91 Å². The van der Waals surface area contributed by atoms with Gasteiger partial charge in [-0.2, -0.15) is 0 Å². The summed E-state index contributed by atoms with van der Waals surface area (Å²) in [6, 6.07) is 0.892. The number of hydrogen-bond acceptors (Lipinski definition) is 2. The molecule has 1 saturated heterocycles. The minimum absolute atomic E-state index is 0.0117. The Hall–Kier alpha value is -1.56. The van der Waals surface area contributed by atoms with Crippen LogP contribution in [-0.4, -0.2) is 35.1 Å². The molecule has 0 aromatic heterocycles.